The Morgan fingerprint density at radius 2 is 1.83 bits per heavy atom. The van der Waals surface area contributed by atoms with Crippen molar-refractivity contribution in [3.63, 3.8) is 0 Å². The molecule has 18 heavy (non-hydrogen) atoms. The van der Waals surface area contributed by atoms with Gasteiger partial charge in [-0.2, -0.15) is 0 Å². The predicted octanol–water partition coefficient (Wildman–Crippen LogP) is -1.37. The van der Waals surface area contributed by atoms with Gasteiger partial charge in [0.05, 0.1) is 0 Å². The molecular weight excluding hydrogens is 334 g/mol. The van der Waals surface area contributed by atoms with Crippen LogP contribution in [0.25, 0.3) is 0 Å². The van der Waals surface area contributed by atoms with Gasteiger partial charge in [-0.05, 0) is 0 Å². The molecule has 2 aliphatic carbocycles. The topological polar surface area (TPSA) is 0 Å². The number of hydrogen-bond donors (Lipinski definition) is 0. The molecule has 0 heterocycles. The number of hydrogen-bond acceptors (Lipinski definition) is 0. The average Bonchev–Trinajstić information content (AvgIpc) is 2.80. The minimum Gasteiger partial charge on any atom is -1.00 e. The van der Waals surface area contributed by atoms with Crippen molar-refractivity contribution >= 4 is 12.8 Å². The van der Waals surface area contributed by atoms with Crippen LogP contribution < -0.4 is 24.8 Å². The van der Waals surface area contributed by atoms with Gasteiger partial charge < -0.3 is 24.8 Å². The molecule has 0 spiro atoms. The number of allylic oxidation sites excluding steroid dienone is 4. The Morgan fingerprint density at radius 3 is 2.33 bits per heavy atom. The zero-order valence-electron chi connectivity index (χ0n) is 11.3. The zero-order chi connectivity index (χ0) is 11.4. The van der Waals surface area contributed by atoms with Crippen LogP contribution in [0.2, 0.25) is 13.1 Å². The van der Waals surface area contributed by atoms with Crippen LogP contribution in [-0.4, -0.2) is 11.8 Å². The van der Waals surface area contributed by atoms with E-state index in [1.807, 2.05) is 3.88 Å². The summed E-state index contributed by atoms with van der Waals surface area (Å²) in [5.41, 5.74) is 1.14. The van der Waals surface area contributed by atoms with Crippen LogP contribution >= 0.6 is 6.57 Å². The first-order chi connectivity index (χ1) is 7.77. The maximum absolute atomic E-state index is 2.58. The Hall–Kier alpha value is 1.42. The second kappa shape index (κ2) is 10.2. The Kier molecular flexibility index (Phi) is 11.0. The summed E-state index contributed by atoms with van der Waals surface area (Å²) in [6, 6.07) is 0. The SMILES string of the molecule is C[Si](C)=[Ti+2]([PH]C1CCCCC1)[C]1=CC=CC1.[Cl-].[Cl-]. The maximum atomic E-state index is 2.58. The van der Waals surface area contributed by atoms with E-state index in [2.05, 4.69) is 31.3 Å². The van der Waals surface area contributed by atoms with Crippen molar-refractivity contribution in [2.24, 2.45) is 0 Å². The molecule has 102 valence electrons. The largest absolute Gasteiger partial charge is 1.00 e. The summed E-state index contributed by atoms with van der Waals surface area (Å²) < 4.78 is 1.92. The molecule has 0 aliphatic heterocycles. The molecule has 0 aromatic rings. The molecule has 1 unspecified atom stereocenters. The van der Waals surface area contributed by atoms with Crippen molar-refractivity contribution < 1.29 is 40.9 Å². The molecule has 0 aromatic carbocycles. The first kappa shape index (κ1) is 19.4. The molecule has 0 bridgehead atoms. The molecule has 0 N–H and O–H groups in total. The summed E-state index contributed by atoms with van der Waals surface area (Å²) in [6.45, 7) is 6.55. The van der Waals surface area contributed by atoms with E-state index in [1.165, 1.54) is 32.3 Å². The third-order valence-corrected chi connectivity index (χ3v) is 26.0. The first-order valence-corrected chi connectivity index (χ1v) is 15.6. The van der Waals surface area contributed by atoms with E-state index in [1.54, 1.807) is 12.8 Å². The minimum atomic E-state index is -0.800. The molecule has 0 aromatic heterocycles. The third-order valence-electron chi connectivity index (χ3n) is 3.55. The fourth-order valence-electron chi connectivity index (χ4n) is 2.64. The van der Waals surface area contributed by atoms with Crippen molar-refractivity contribution in [3.05, 3.63) is 22.1 Å². The van der Waals surface area contributed by atoms with Crippen LogP contribution in [-0.2, 0) is 16.1 Å². The second-order valence-corrected chi connectivity index (χ2v) is 22.7. The van der Waals surface area contributed by atoms with Gasteiger partial charge in [0.15, 0.2) is 0 Å². The van der Waals surface area contributed by atoms with E-state index < -0.39 is 16.1 Å². The van der Waals surface area contributed by atoms with Crippen molar-refractivity contribution in [1.29, 1.82) is 0 Å². The summed E-state index contributed by atoms with van der Waals surface area (Å²) in [4.78, 5) is 0. The van der Waals surface area contributed by atoms with Crippen molar-refractivity contribution in [2.75, 3.05) is 0 Å². The molecular formula is C13H23Cl2PSiTi. The van der Waals surface area contributed by atoms with Crippen molar-refractivity contribution in [3.8, 4) is 0 Å². The summed E-state index contributed by atoms with van der Waals surface area (Å²) in [6.07, 6.45) is 16.2. The van der Waals surface area contributed by atoms with E-state index in [9.17, 15) is 0 Å². The molecule has 1 saturated carbocycles. The predicted molar refractivity (Wildman–Crippen MR) is 74.5 cm³/mol. The molecule has 0 saturated heterocycles. The normalized spacial score (nSPS) is 18.8. The van der Waals surface area contributed by atoms with Gasteiger partial charge in [-0.15, -0.1) is 0 Å². The molecule has 1 fully saturated rings. The molecule has 2 rings (SSSR count). The van der Waals surface area contributed by atoms with Crippen molar-refractivity contribution in [1.82, 2.24) is 0 Å². The first-order valence-electron chi connectivity index (χ1n) is 6.57. The van der Waals surface area contributed by atoms with Crippen LogP contribution in [0.3, 0.4) is 0 Å². The fraction of sp³-hybridized carbons (Fsp3) is 0.692. The van der Waals surface area contributed by atoms with E-state index >= 15 is 0 Å². The van der Waals surface area contributed by atoms with Crippen LogP contribution in [0, 0.1) is 0 Å². The average molecular weight is 357 g/mol. The Bertz CT molecular complexity index is 343. The smallest absolute Gasteiger partial charge is 1.00 e. The van der Waals surface area contributed by atoms with Crippen LogP contribution in [0.15, 0.2) is 22.1 Å². The third kappa shape index (κ3) is 5.82. The van der Waals surface area contributed by atoms with Gasteiger partial charge in [-0.1, -0.05) is 0 Å². The Balaban J connectivity index is 0.00000144. The maximum Gasteiger partial charge on any atom is -1.00 e. The summed E-state index contributed by atoms with van der Waals surface area (Å²) in [5.74, 6) is 0. The van der Waals surface area contributed by atoms with Gasteiger partial charge in [0.25, 0.3) is 0 Å². The van der Waals surface area contributed by atoms with E-state index in [0.717, 1.165) is 5.66 Å². The summed E-state index contributed by atoms with van der Waals surface area (Å²) >= 11 is -0.800. The summed E-state index contributed by atoms with van der Waals surface area (Å²) in [5, 5.41) is 0. The summed E-state index contributed by atoms with van der Waals surface area (Å²) in [7, 11) is 0. The van der Waals surface area contributed by atoms with Gasteiger partial charge in [0.2, 0.25) is 0 Å². The molecule has 1 atom stereocenters. The minimum absolute atomic E-state index is 0. The van der Waals surface area contributed by atoms with Gasteiger partial charge in [-0.25, -0.2) is 0 Å². The second-order valence-electron chi connectivity index (χ2n) is 5.18. The van der Waals surface area contributed by atoms with Crippen LogP contribution in [0.4, 0.5) is 0 Å². The van der Waals surface area contributed by atoms with Gasteiger partial charge >= 0.3 is 108 Å². The number of halogens is 2. The van der Waals surface area contributed by atoms with E-state index in [-0.39, 0.29) is 31.0 Å². The molecule has 0 nitrogen and oxygen atoms in total. The van der Waals surface area contributed by atoms with E-state index in [0.29, 0.717) is 0 Å². The molecule has 0 amide bonds. The quantitative estimate of drug-likeness (QED) is 0.432. The fourth-order valence-corrected chi connectivity index (χ4v) is 21.9. The Labute approximate surface area is 132 Å². The van der Waals surface area contributed by atoms with Crippen molar-refractivity contribution in [2.45, 2.75) is 57.3 Å². The van der Waals surface area contributed by atoms with Crippen LogP contribution in [0.5, 0.6) is 0 Å². The molecule has 0 radical (unpaired) electrons. The van der Waals surface area contributed by atoms with Crippen LogP contribution in [0.1, 0.15) is 38.5 Å². The molecule has 5 heteroatoms. The Morgan fingerprint density at radius 1 is 1.17 bits per heavy atom. The standard InChI is InChI=1S/C6H12P.C5H5.C2H6Si.2ClH.Ti/c7-6-4-2-1-3-5-6;1-2-4-5-3-1;1-3-2;;;/h6-7H,1-5H2;1-3H,4H2;1-2H3;2*1H;/q-1;;;;;+3/p-2. The van der Waals surface area contributed by atoms with Gasteiger partial charge in [0.1, 0.15) is 0 Å². The molecule has 2 aliphatic rings. The van der Waals surface area contributed by atoms with Gasteiger partial charge in [-0.3, -0.25) is 0 Å². The monoisotopic (exact) mass is 356 g/mol. The van der Waals surface area contributed by atoms with E-state index in [4.69, 9.17) is 0 Å². The number of rotatable bonds is 3. The van der Waals surface area contributed by atoms with Gasteiger partial charge in [0, 0.05) is 0 Å². The zero-order valence-corrected chi connectivity index (χ0v) is 16.4.